The summed E-state index contributed by atoms with van der Waals surface area (Å²) < 4.78 is 13.0. The van der Waals surface area contributed by atoms with Crippen molar-refractivity contribution < 1.29 is 33.8 Å². The first-order valence-electron chi connectivity index (χ1n) is 16.6. The third kappa shape index (κ3) is 5.69. The highest BCUT2D eigenvalue weighted by molar-refractivity contribution is 6.99. The Labute approximate surface area is 288 Å². The fraction of sp³-hybridized carbons (Fsp3) is 0.325. The first-order chi connectivity index (χ1) is 23.2. The second-order valence-electron chi connectivity index (χ2n) is 14.2. The Balaban J connectivity index is 1.36. The molecular weight excluding hydrogens is 635 g/mol. The molecule has 4 atom stereocenters. The topological polar surface area (TPSA) is 122 Å². The average molecular weight is 678 g/mol. The van der Waals surface area contributed by atoms with Crippen LogP contribution in [0.3, 0.4) is 0 Å². The second-order valence-corrected chi connectivity index (χ2v) is 18.5. The van der Waals surface area contributed by atoms with Crippen LogP contribution < -0.4 is 15.7 Å². The molecule has 1 aliphatic carbocycles. The number of carbonyl (C=O) groups excluding carboxylic acids is 3. The summed E-state index contributed by atoms with van der Waals surface area (Å²) in [6, 6.07) is 32.2. The first-order valence-corrected chi connectivity index (χ1v) is 18.5. The first kappa shape index (κ1) is 34.6. The van der Waals surface area contributed by atoms with Gasteiger partial charge in [-0.25, -0.2) is 0 Å². The maximum Gasteiger partial charge on any atom is 0.266 e. The number of benzene rings is 4. The van der Waals surface area contributed by atoms with Gasteiger partial charge in [0, 0.05) is 6.92 Å². The van der Waals surface area contributed by atoms with E-state index < -0.39 is 54.4 Å². The molecule has 1 aliphatic heterocycles. The molecule has 0 bridgehead atoms. The highest BCUT2D eigenvalue weighted by Gasteiger charge is 2.71. The lowest BCUT2D eigenvalue weighted by Gasteiger charge is -2.43. The number of nitrogens with one attached hydrogen (secondary N) is 1. The Kier molecular flexibility index (Phi) is 9.10. The summed E-state index contributed by atoms with van der Waals surface area (Å²) >= 11 is 0. The van der Waals surface area contributed by atoms with Gasteiger partial charge in [0.25, 0.3) is 14.1 Å². The standard InChI is InChI=1S/C40H43NO7Si/c1-26(42)39(45)37(41-36(44)24-29-16-14-22-33-32-21-13-12-15-28(32)23-34(29)33)35(48-40(39,46)27(2)43)25-47-49(38(3,4)5,30-17-8-6-9-18-30)31-19-10-7-11-20-31/h6-22,35,37,45-46H,23-25H2,1-5H3,(H,41,44)/t35-,37-,39-,40-/m0/s1. The van der Waals surface area contributed by atoms with E-state index in [4.69, 9.17) is 9.16 Å². The van der Waals surface area contributed by atoms with E-state index in [1.807, 2.05) is 91.0 Å². The maximum absolute atomic E-state index is 13.9. The van der Waals surface area contributed by atoms with Crippen molar-refractivity contribution in [3.05, 3.63) is 120 Å². The summed E-state index contributed by atoms with van der Waals surface area (Å²) in [5.74, 6) is -5.29. The minimum Gasteiger partial charge on any atom is -0.405 e. The summed E-state index contributed by atoms with van der Waals surface area (Å²) in [5.41, 5.74) is 2.43. The fourth-order valence-electron chi connectivity index (χ4n) is 7.75. The molecule has 1 fully saturated rings. The van der Waals surface area contributed by atoms with Crippen LogP contribution in [0.4, 0.5) is 0 Å². The predicted octanol–water partition coefficient (Wildman–Crippen LogP) is 3.86. The molecule has 0 radical (unpaired) electrons. The molecule has 0 unspecified atom stereocenters. The molecule has 4 aromatic carbocycles. The van der Waals surface area contributed by atoms with Crippen molar-refractivity contribution in [3.63, 3.8) is 0 Å². The number of ketones is 2. The molecule has 3 N–H and O–H groups in total. The molecule has 1 heterocycles. The van der Waals surface area contributed by atoms with Gasteiger partial charge >= 0.3 is 0 Å². The lowest BCUT2D eigenvalue weighted by Crippen LogP contribution is -2.69. The third-order valence-electron chi connectivity index (χ3n) is 10.2. The summed E-state index contributed by atoms with van der Waals surface area (Å²) in [6.07, 6.45) is -0.639. The largest absolute Gasteiger partial charge is 0.405 e. The number of ether oxygens (including phenoxy) is 1. The molecule has 2 aliphatic rings. The molecule has 8 nitrogen and oxygen atoms in total. The fourth-order valence-corrected chi connectivity index (χ4v) is 12.3. The van der Waals surface area contributed by atoms with E-state index in [0.29, 0.717) is 6.42 Å². The Morgan fingerprint density at radius 1 is 0.816 bits per heavy atom. The predicted molar refractivity (Wildman–Crippen MR) is 190 cm³/mol. The van der Waals surface area contributed by atoms with Crippen molar-refractivity contribution in [3.8, 4) is 11.1 Å². The number of carbonyl (C=O) groups is 3. The highest BCUT2D eigenvalue weighted by Crippen LogP contribution is 2.43. The summed E-state index contributed by atoms with van der Waals surface area (Å²) in [4.78, 5) is 40.1. The number of hydrogen-bond donors (Lipinski definition) is 3. The van der Waals surface area contributed by atoms with Crippen LogP contribution in [0.2, 0.25) is 5.04 Å². The lowest BCUT2D eigenvalue weighted by atomic mass is 9.80. The Hall–Kier alpha value is -4.25. The number of hydrogen-bond acceptors (Lipinski definition) is 7. The van der Waals surface area contributed by atoms with E-state index in [1.54, 1.807) is 0 Å². The van der Waals surface area contributed by atoms with Gasteiger partial charge in [-0.15, -0.1) is 0 Å². The molecule has 0 aromatic heterocycles. The van der Waals surface area contributed by atoms with Gasteiger partial charge < -0.3 is 24.7 Å². The Morgan fingerprint density at radius 2 is 1.39 bits per heavy atom. The summed E-state index contributed by atoms with van der Waals surface area (Å²) in [7, 11) is -3.16. The van der Waals surface area contributed by atoms with Crippen LogP contribution in [0, 0.1) is 0 Å². The van der Waals surface area contributed by atoms with Gasteiger partial charge in [0.1, 0.15) is 6.10 Å². The van der Waals surface area contributed by atoms with Crippen LogP contribution in [0.5, 0.6) is 0 Å². The Bertz CT molecular complexity index is 1850. The van der Waals surface area contributed by atoms with Crippen LogP contribution in [0.15, 0.2) is 103 Å². The van der Waals surface area contributed by atoms with Crippen molar-refractivity contribution >= 4 is 36.2 Å². The molecule has 4 aromatic rings. The van der Waals surface area contributed by atoms with Gasteiger partial charge in [-0.3, -0.25) is 14.4 Å². The van der Waals surface area contributed by atoms with Gasteiger partial charge in [-0.2, -0.15) is 0 Å². The zero-order valence-electron chi connectivity index (χ0n) is 28.5. The van der Waals surface area contributed by atoms with E-state index in [2.05, 4.69) is 38.2 Å². The number of Topliss-reactive ketones (excluding diaryl/α,β-unsaturated/α-hetero) is 2. The molecule has 9 heteroatoms. The summed E-state index contributed by atoms with van der Waals surface area (Å²) in [5, 5.41) is 28.0. The zero-order valence-corrected chi connectivity index (χ0v) is 29.5. The number of amides is 1. The van der Waals surface area contributed by atoms with E-state index in [-0.39, 0.29) is 13.0 Å². The number of fused-ring (bicyclic) bond motifs is 3. The minimum absolute atomic E-state index is 0.0531. The van der Waals surface area contributed by atoms with E-state index >= 15 is 0 Å². The Morgan fingerprint density at radius 3 is 1.96 bits per heavy atom. The highest BCUT2D eigenvalue weighted by atomic mass is 28.4. The van der Waals surface area contributed by atoms with Gasteiger partial charge in [-0.1, -0.05) is 124 Å². The number of aliphatic hydroxyl groups is 2. The van der Waals surface area contributed by atoms with Crippen molar-refractivity contribution in [2.45, 2.75) is 76.0 Å². The zero-order chi connectivity index (χ0) is 35.2. The monoisotopic (exact) mass is 677 g/mol. The SMILES string of the molecule is CC(=O)[C@]1(O)O[C@@H](CO[Si](c2ccccc2)(c2ccccc2)C(C)(C)C)[C@H](NC(=O)Cc2cccc3c2Cc2ccccc2-3)[C@@]1(O)C(C)=O. The third-order valence-corrected chi connectivity index (χ3v) is 15.2. The quantitative estimate of drug-likeness (QED) is 0.192. The molecule has 49 heavy (non-hydrogen) atoms. The smallest absolute Gasteiger partial charge is 0.266 e. The molecule has 6 rings (SSSR count). The van der Waals surface area contributed by atoms with Gasteiger partial charge in [0.15, 0.2) is 11.6 Å². The lowest BCUT2D eigenvalue weighted by molar-refractivity contribution is -0.244. The van der Waals surface area contributed by atoms with Crippen molar-refractivity contribution in [2.24, 2.45) is 0 Å². The van der Waals surface area contributed by atoms with Gasteiger partial charge in [0.05, 0.1) is 19.1 Å². The van der Waals surface area contributed by atoms with Crippen LogP contribution in [-0.4, -0.2) is 66.1 Å². The molecule has 0 saturated carbocycles. The van der Waals surface area contributed by atoms with Crippen molar-refractivity contribution in [1.29, 1.82) is 0 Å². The van der Waals surface area contributed by atoms with Gasteiger partial charge in [0.2, 0.25) is 11.5 Å². The van der Waals surface area contributed by atoms with Crippen molar-refractivity contribution in [2.75, 3.05) is 6.61 Å². The molecular formula is C40H43NO7Si. The molecule has 1 amide bonds. The average Bonchev–Trinajstić information content (AvgIpc) is 3.56. The normalized spacial score (nSPS) is 23.1. The van der Waals surface area contributed by atoms with Crippen LogP contribution in [0.1, 0.15) is 51.3 Å². The van der Waals surface area contributed by atoms with E-state index in [1.165, 1.54) is 5.56 Å². The van der Waals surface area contributed by atoms with E-state index in [0.717, 1.165) is 46.5 Å². The minimum atomic E-state index is -3.16. The van der Waals surface area contributed by atoms with Gasteiger partial charge in [-0.05, 0) is 56.6 Å². The van der Waals surface area contributed by atoms with Crippen molar-refractivity contribution in [1.82, 2.24) is 5.32 Å². The number of rotatable bonds is 10. The van der Waals surface area contributed by atoms with Crippen LogP contribution in [-0.2, 0) is 36.4 Å². The van der Waals surface area contributed by atoms with E-state index in [9.17, 15) is 24.6 Å². The second kappa shape index (κ2) is 12.9. The molecule has 254 valence electrons. The maximum atomic E-state index is 13.9. The van der Waals surface area contributed by atoms with Crippen LogP contribution >= 0.6 is 0 Å². The van der Waals surface area contributed by atoms with Crippen LogP contribution in [0.25, 0.3) is 11.1 Å². The molecule has 0 spiro atoms. The molecule has 1 saturated heterocycles. The summed E-state index contributed by atoms with van der Waals surface area (Å²) in [6.45, 7) is 8.18.